The van der Waals surface area contributed by atoms with Crippen molar-refractivity contribution in [3.63, 3.8) is 0 Å². The van der Waals surface area contributed by atoms with E-state index in [1.807, 2.05) is 0 Å². The quantitative estimate of drug-likeness (QED) is 0.455. The Hall–Kier alpha value is -3.63. The number of hydrogen-bond donors (Lipinski definition) is 3. The topological polar surface area (TPSA) is 157 Å². The molecule has 1 rings (SSSR count). The zero-order valence-corrected chi connectivity index (χ0v) is 18.8. The lowest BCUT2D eigenvalue weighted by Crippen LogP contribution is -2.53. The molecule has 0 saturated carbocycles. The maximum Gasteiger partial charge on any atom is 0.408 e. The lowest BCUT2D eigenvalue weighted by molar-refractivity contribution is -0.144. The van der Waals surface area contributed by atoms with Gasteiger partial charge in [0, 0.05) is 7.05 Å². The second kappa shape index (κ2) is 11.7. The molecule has 2 unspecified atom stereocenters. The van der Waals surface area contributed by atoms with Gasteiger partial charge in [0.05, 0.1) is 13.5 Å². The van der Waals surface area contributed by atoms with Gasteiger partial charge in [-0.15, -0.1) is 0 Å². The third-order valence-corrected chi connectivity index (χ3v) is 4.13. The Morgan fingerprint density at radius 2 is 1.69 bits per heavy atom. The molecule has 1 aromatic rings. The number of esters is 1. The van der Waals surface area contributed by atoms with Gasteiger partial charge in [0.1, 0.15) is 24.2 Å². The van der Waals surface area contributed by atoms with Crippen molar-refractivity contribution in [2.24, 2.45) is 5.73 Å². The summed E-state index contributed by atoms with van der Waals surface area (Å²) in [6.07, 6.45) is -1.43. The van der Waals surface area contributed by atoms with Gasteiger partial charge < -0.3 is 30.7 Å². The SMILES string of the molecule is COC(=O)CNC(=O)C(c1ccccc1)N(C)C(=O)C(CC(N)=O)NC(=O)OC(C)(C)C. The molecule has 11 nitrogen and oxygen atoms in total. The molecule has 0 aliphatic rings. The molecule has 1 aromatic carbocycles. The summed E-state index contributed by atoms with van der Waals surface area (Å²) in [7, 11) is 2.51. The van der Waals surface area contributed by atoms with Crippen molar-refractivity contribution in [1.29, 1.82) is 0 Å². The Morgan fingerprint density at radius 1 is 1.09 bits per heavy atom. The van der Waals surface area contributed by atoms with Gasteiger partial charge in [-0.3, -0.25) is 19.2 Å². The molecule has 0 aromatic heterocycles. The van der Waals surface area contributed by atoms with Crippen LogP contribution in [0.3, 0.4) is 0 Å². The van der Waals surface area contributed by atoms with E-state index in [1.165, 1.54) is 14.2 Å². The first-order valence-corrected chi connectivity index (χ1v) is 9.79. The molecule has 0 heterocycles. The van der Waals surface area contributed by atoms with E-state index in [2.05, 4.69) is 15.4 Å². The van der Waals surface area contributed by atoms with Gasteiger partial charge in [-0.1, -0.05) is 30.3 Å². The number of primary amides is 1. The summed E-state index contributed by atoms with van der Waals surface area (Å²) in [5.74, 6) is -2.92. The highest BCUT2D eigenvalue weighted by atomic mass is 16.6. The Bertz CT molecular complexity index is 836. The first kappa shape index (κ1) is 26.4. The van der Waals surface area contributed by atoms with Gasteiger partial charge in [-0.25, -0.2) is 4.79 Å². The van der Waals surface area contributed by atoms with Crippen molar-refractivity contribution in [2.45, 2.75) is 44.9 Å². The molecule has 32 heavy (non-hydrogen) atoms. The summed E-state index contributed by atoms with van der Waals surface area (Å²) in [4.78, 5) is 62.2. The number of carbonyl (C=O) groups excluding carboxylic acids is 5. The molecule has 0 saturated heterocycles. The van der Waals surface area contributed by atoms with Gasteiger partial charge >= 0.3 is 12.1 Å². The second-order valence-corrected chi connectivity index (χ2v) is 7.93. The first-order valence-electron chi connectivity index (χ1n) is 9.79. The van der Waals surface area contributed by atoms with Crippen LogP contribution in [0.2, 0.25) is 0 Å². The van der Waals surface area contributed by atoms with Crippen molar-refractivity contribution in [3.8, 4) is 0 Å². The van der Waals surface area contributed by atoms with Crippen molar-refractivity contribution < 1.29 is 33.4 Å². The molecular weight excluding hydrogens is 420 g/mol. The minimum Gasteiger partial charge on any atom is -0.468 e. The summed E-state index contributed by atoms with van der Waals surface area (Å²) in [5.41, 5.74) is 4.85. The number of methoxy groups -OCH3 is 1. The van der Waals surface area contributed by atoms with E-state index in [0.29, 0.717) is 5.56 Å². The summed E-state index contributed by atoms with van der Waals surface area (Å²) < 4.78 is 9.66. The normalized spacial score (nSPS) is 12.7. The van der Waals surface area contributed by atoms with E-state index in [1.54, 1.807) is 51.1 Å². The van der Waals surface area contributed by atoms with Gasteiger partial charge in [0.25, 0.3) is 0 Å². The van der Waals surface area contributed by atoms with E-state index in [-0.39, 0.29) is 0 Å². The molecule has 0 radical (unpaired) electrons. The van der Waals surface area contributed by atoms with Crippen LogP contribution in [0.5, 0.6) is 0 Å². The van der Waals surface area contributed by atoms with Crippen LogP contribution in [0.15, 0.2) is 30.3 Å². The van der Waals surface area contributed by atoms with Crippen LogP contribution in [0.4, 0.5) is 4.79 Å². The number of likely N-dealkylation sites (N-methyl/N-ethyl adjacent to an activating group) is 1. The Balaban J connectivity index is 3.17. The van der Waals surface area contributed by atoms with Crippen LogP contribution in [-0.4, -0.2) is 67.0 Å². The number of nitrogens with two attached hydrogens (primary N) is 1. The molecule has 176 valence electrons. The fourth-order valence-electron chi connectivity index (χ4n) is 2.74. The largest absolute Gasteiger partial charge is 0.468 e. The van der Waals surface area contributed by atoms with E-state index < -0.39 is 60.4 Å². The van der Waals surface area contributed by atoms with Crippen molar-refractivity contribution in [1.82, 2.24) is 15.5 Å². The highest BCUT2D eigenvalue weighted by Gasteiger charge is 2.34. The number of ether oxygens (including phenoxy) is 2. The van der Waals surface area contributed by atoms with E-state index in [9.17, 15) is 24.0 Å². The lowest BCUT2D eigenvalue weighted by Gasteiger charge is -2.31. The molecule has 0 bridgehead atoms. The molecule has 2 atom stereocenters. The van der Waals surface area contributed by atoms with E-state index >= 15 is 0 Å². The molecule has 0 fully saturated rings. The number of rotatable bonds is 9. The monoisotopic (exact) mass is 450 g/mol. The van der Waals surface area contributed by atoms with Crippen LogP contribution < -0.4 is 16.4 Å². The highest BCUT2D eigenvalue weighted by Crippen LogP contribution is 2.21. The molecule has 4 amide bonds. The number of benzene rings is 1. The average molecular weight is 450 g/mol. The van der Waals surface area contributed by atoms with Crippen molar-refractivity contribution in [3.05, 3.63) is 35.9 Å². The van der Waals surface area contributed by atoms with Crippen LogP contribution >= 0.6 is 0 Å². The third kappa shape index (κ3) is 8.62. The second-order valence-electron chi connectivity index (χ2n) is 7.93. The average Bonchev–Trinajstić information content (AvgIpc) is 2.70. The maximum absolute atomic E-state index is 13.2. The minimum atomic E-state index is -1.37. The zero-order valence-electron chi connectivity index (χ0n) is 18.8. The molecule has 0 aliphatic heterocycles. The van der Waals surface area contributed by atoms with Gasteiger partial charge in [-0.05, 0) is 26.3 Å². The van der Waals surface area contributed by atoms with E-state index in [0.717, 1.165) is 4.90 Å². The van der Waals surface area contributed by atoms with Crippen LogP contribution in [-0.2, 0) is 28.7 Å². The van der Waals surface area contributed by atoms with Gasteiger partial charge in [-0.2, -0.15) is 0 Å². The smallest absolute Gasteiger partial charge is 0.408 e. The standard InChI is InChI=1S/C21H30N4O7/c1-21(2,3)32-20(30)24-14(11-15(22)26)19(29)25(4)17(13-9-7-6-8-10-13)18(28)23-12-16(27)31-5/h6-10,14,17H,11-12H2,1-5H3,(H2,22,26)(H,23,28)(H,24,30). The molecular formula is C21H30N4O7. The van der Waals surface area contributed by atoms with Crippen LogP contribution in [0.25, 0.3) is 0 Å². The number of nitrogens with zero attached hydrogens (tertiary/aromatic N) is 1. The third-order valence-electron chi connectivity index (χ3n) is 4.13. The summed E-state index contributed by atoms with van der Waals surface area (Å²) >= 11 is 0. The van der Waals surface area contributed by atoms with E-state index in [4.69, 9.17) is 10.5 Å². The number of nitrogens with one attached hydrogen (secondary N) is 2. The lowest BCUT2D eigenvalue weighted by atomic mass is 10.0. The summed E-state index contributed by atoms with van der Waals surface area (Å²) in [5, 5.41) is 4.74. The Kier molecular flexibility index (Phi) is 9.64. The first-order chi connectivity index (χ1) is 14.9. The number of alkyl carbamates (subject to hydrolysis) is 1. The predicted octanol–water partition coefficient (Wildman–Crippen LogP) is 0.244. The van der Waals surface area contributed by atoms with Gasteiger partial charge in [0.15, 0.2) is 0 Å². The Morgan fingerprint density at radius 3 is 2.19 bits per heavy atom. The van der Waals surface area contributed by atoms with Crippen LogP contribution in [0, 0.1) is 0 Å². The number of hydrogen-bond acceptors (Lipinski definition) is 7. The summed E-state index contributed by atoms with van der Waals surface area (Å²) in [6, 6.07) is 5.79. The zero-order chi connectivity index (χ0) is 24.5. The number of carbonyl (C=O) groups is 5. The van der Waals surface area contributed by atoms with Gasteiger partial charge in [0.2, 0.25) is 17.7 Å². The van der Waals surface area contributed by atoms with Crippen LogP contribution in [0.1, 0.15) is 38.8 Å². The fraction of sp³-hybridized carbons (Fsp3) is 0.476. The molecule has 11 heteroatoms. The summed E-state index contributed by atoms with van der Waals surface area (Å²) in [6.45, 7) is 4.52. The predicted molar refractivity (Wildman–Crippen MR) is 114 cm³/mol. The molecule has 0 spiro atoms. The molecule has 0 aliphatic carbocycles. The molecule has 4 N–H and O–H groups in total. The van der Waals surface area contributed by atoms with Crippen molar-refractivity contribution >= 4 is 29.8 Å². The maximum atomic E-state index is 13.2. The fourth-order valence-corrected chi connectivity index (χ4v) is 2.74. The number of amides is 4. The highest BCUT2D eigenvalue weighted by molar-refractivity contribution is 5.95. The Labute approximate surface area is 186 Å². The van der Waals surface area contributed by atoms with Crippen molar-refractivity contribution in [2.75, 3.05) is 20.7 Å². The minimum absolute atomic E-state index is 0.401.